The molecule has 1 aliphatic rings. The van der Waals surface area contributed by atoms with Crippen molar-refractivity contribution in [2.24, 2.45) is 0 Å². The summed E-state index contributed by atoms with van der Waals surface area (Å²) in [6, 6.07) is 23.4. The van der Waals surface area contributed by atoms with Crippen molar-refractivity contribution in [3.63, 3.8) is 0 Å². The van der Waals surface area contributed by atoms with Crippen molar-refractivity contribution in [1.29, 1.82) is 0 Å². The lowest BCUT2D eigenvalue weighted by atomic mass is 10.1. The number of amides is 1. The Bertz CT molecular complexity index is 1700. The predicted molar refractivity (Wildman–Crippen MR) is 154 cm³/mol. The van der Waals surface area contributed by atoms with E-state index in [0.29, 0.717) is 54.5 Å². The molecular weight excluding hydrogens is 512 g/mol. The minimum Gasteiger partial charge on any atom is -0.368 e. The summed E-state index contributed by atoms with van der Waals surface area (Å²) < 4.78 is 3.60. The van der Waals surface area contributed by atoms with E-state index in [-0.39, 0.29) is 11.5 Å². The van der Waals surface area contributed by atoms with Crippen LogP contribution < -0.4 is 10.5 Å². The number of carbonyl (C=O) groups excluding carboxylic acids is 1. The molecule has 1 amide bonds. The van der Waals surface area contributed by atoms with Gasteiger partial charge in [-0.25, -0.2) is 0 Å². The van der Waals surface area contributed by atoms with Gasteiger partial charge in [0.05, 0.1) is 17.4 Å². The molecule has 1 fully saturated rings. The van der Waals surface area contributed by atoms with Crippen LogP contribution in [0.2, 0.25) is 5.02 Å². The van der Waals surface area contributed by atoms with Gasteiger partial charge in [0.1, 0.15) is 5.82 Å². The normalized spacial score (nSPS) is 13.9. The fourth-order valence-electron chi connectivity index (χ4n) is 5.24. The number of hydrogen-bond acceptors (Lipinski definition) is 5. The van der Waals surface area contributed by atoms with E-state index < -0.39 is 0 Å². The lowest BCUT2D eigenvalue weighted by Crippen LogP contribution is -2.48. The number of fused-ring (bicyclic) bond motifs is 3. The fourth-order valence-corrected chi connectivity index (χ4v) is 5.36. The first-order valence-corrected chi connectivity index (χ1v) is 13.5. The largest absolute Gasteiger partial charge is 0.368 e. The molecule has 3 heterocycles. The number of halogens is 1. The van der Waals surface area contributed by atoms with Gasteiger partial charge in [-0.05, 0) is 48.9 Å². The van der Waals surface area contributed by atoms with Gasteiger partial charge in [-0.15, -0.1) is 10.2 Å². The zero-order chi connectivity index (χ0) is 26.9. The molecule has 0 unspecified atom stereocenters. The van der Waals surface area contributed by atoms with Crippen LogP contribution in [-0.4, -0.2) is 56.2 Å². The van der Waals surface area contributed by atoms with Gasteiger partial charge < -0.3 is 9.80 Å². The van der Waals surface area contributed by atoms with E-state index in [1.807, 2.05) is 89.0 Å². The molecule has 0 bridgehead atoms. The molecular formula is C30H29ClN6O2. The van der Waals surface area contributed by atoms with Gasteiger partial charge in [0, 0.05) is 49.7 Å². The van der Waals surface area contributed by atoms with Crippen molar-refractivity contribution in [1.82, 2.24) is 24.1 Å². The van der Waals surface area contributed by atoms with E-state index in [9.17, 15) is 9.59 Å². The molecule has 0 radical (unpaired) electrons. The molecule has 3 aromatic carbocycles. The smallest absolute Gasteiger partial charge is 0.263 e. The third kappa shape index (κ3) is 5.00. The number of rotatable bonds is 6. The van der Waals surface area contributed by atoms with E-state index in [1.54, 1.807) is 4.57 Å². The number of benzene rings is 3. The van der Waals surface area contributed by atoms with Crippen LogP contribution in [-0.2, 0) is 17.8 Å². The van der Waals surface area contributed by atoms with Crippen LogP contribution in [0.25, 0.3) is 16.7 Å². The zero-order valence-electron chi connectivity index (χ0n) is 21.8. The highest BCUT2D eigenvalue weighted by Crippen LogP contribution is 2.21. The molecule has 0 atom stereocenters. The minimum absolute atomic E-state index is 0.0970. The highest BCUT2D eigenvalue weighted by atomic mass is 35.5. The van der Waals surface area contributed by atoms with Gasteiger partial charge in [0.2, 0.25) is 11.7 Å². The first-order chi connectivity index (χ1) is 19.0. The maximum absolute atomic E-state index is 13.5. The average Bonchev–Trinajstić information content (AvgIpc) is 3.39. The first-order valence-electron chi connectivity index (χ1n) is 13.2. The number of para-hydroxylation sites is 1. The standard InChI is InChI=1S/C30H29ClN6O2/c1-21-6-8-22(9-7-21)20-36-29(39)25-4-2-3-5-26(25)37-27(32-33-30(36)37)14-15-28(38)35-18-16-34(17-19-35)24-12-10-23(31)11-13-24/h2-13H,14-20H2,1H3. The lowest BCUT2D eigenvalue weighted by Gasteiger charge is -2.36. The van der Waals surface area contributed by atoms with Gasteiger partial charge in [-0.2, -0.15) is 0 Å². The fraction of sp³-hybridized carbons (Fsp3) is 0.267. The summed E-state index contributed by atoms with van der Waals surface area (Å²) in [5, 5.41) is 10.2. The molecule has 198 valence electrons. The van der Waals surface area contributed by atoms with Gasteiger partial charge in [0.25, 0.3) is 5.56 Å². The highest BCUT2D eigenvalue weighted by Gasteiger charge is 2.23. The zero-order valence-corrected chi connectivity index (χ0v) is 22.5. The minimum atomic E-state index is -0.104. The Morgan fingerprint density at radius 3 is 2.36 bits per heavy atom. The Morgan fingerprint density at radius 1 is 0.897 bits per heavy atom. The summed E-state index contributed by atoms with van der Waals surface area (Å²) in [6.07, 6.45) is 0.761. The summed E-state index contributed by atoms with van der Waals surface area (Å²) in [4.78, 5) is 30.8. The highest BCUT2D eigenvalue weighted by molar-refractivity contribution is 6.30. The molecule has 9 heteroatoms. The topological polar surface area (TPSA) is 75.7 Å². The van der Waals surface area contributed by atoms with E-state index in [0.717, 1.165) is 35.4 Å². The number of anilines is 1. The molecule has 0 saturated carbocycles. The Kier molecular flexibility index (Phi) is 6.79. The van der Waals surface area contributed by atoms with Gasteiger partial charge in [-0.3, -0.25) is 18.6 Å². The first kappa shape index (κ1) is 25.1. The lowest BCUT2D eigenvalue weighted by molar-refractivity contribution is -0.131. The molecule has 0 aliphatic carbocycles. The van der Waals surface area contributed by atoms with Gasteiger partial charge in [0.15, 0.2) is 0 Å². The van der Waals surface area contributed by atoms with Crippen molar-refractivity contribution in [3.8, 4) is 0 Å². The molecule has 1 aliphatic heterocycles. The molecule has 0 spiro atoms. The van der Waals surface area contributed by atoms with Crippen LogP contribution in [0.15, 0.2) is 77.6 Å². The number of carbonyl (C=O) groups is 1. The Hall–Kier alpha value is -4.17. The van der Waals surface area contributed by atoms with Gasteiger partial charge in [-0.1, -0.05) is 53.6 Å². The number of aryl methyl sites for hydroxylation is 2. The second-order valence-electron chi connectivity index (χ2n) is 9.99. The van der Waals surface area contributed by atoms with E-state index in [4.69, 9.17) is 11.6 Å². The Labute approximate surface area is 231 Å². The van der Waals surface area contributed by atoms with E-state index >= 15 is 0 Å². The average molecular weight is 541 g/mol. The van der Waals surface area contributed by atoms with E-state index in [1.165, 1.54) is 0 Å². The third-order valence-corrected chi connectivity index (χ3v) is 7.67. The molecule has 39 heavy (non-hydrogen) atoms. The van der Waals surface area contributed by atoms with Crippen LogP contribution in [0.5, 0.6) is 0 Å². The van der Waals surface area contributed by atoms with Gasteiger partial charge >= 0.3 is 0 Å². The van der Waals surface area contributed by atoms with Crippen LogP contribution in [0.4, 0.5) is 5.69 Å². The number of hydrogen-bond donors (Lipinski definition) is 0. The van der Waals surface area contributed by atoms with Crippen LogP contribution in [0, 0.1) is 6.92 Å². The number of nitrogens with zero attached hydrogens (tertiary/aromatic N) is 6. The maximum atomic E-state index is 13.5. The van der Waals surface area contributed by atoms with Crippen LogP contribution in [0.1, 0.15) is 23.4 Å². The predicted octanol–water partition coefficient (Wildman–Crippen LogP) is 4.34. The summed E-state index contributed by atoms with van der Waals surface area (Å²) in [5.41, 5.74) is 3.94. The van der Waals surface area contributed by atoms with Crippen LogP contribution in [0.3, 0.4) is 0 Å². The number of aromatic nitrogens is 4. The Morgan fingerprint density at radius 2 is 1.62 bits per heavy atom. The van der Waals surface area contributed by atoms with Crippen molar-refractivity contribution < 1.29 is 4.79 Å². The Balaban J connectivity index is 1.22. The monoisotopic (exact) mass is 540 g/mol. The summed E-state index contributed by atoms with van der Waals surface area (Å²) in [5.74, 6) is 1.25. The molecule has 2 aromatic heterocycles. The second kappa shape index (κ2) is 10.5. The van der Waals surface area contributed by atoms with Crippen molar-refractivity contribution in [3.05, 3.63) is 105 Å². The molecule has 0 N–H and O–H groups in total. The second-order valence-corrected chi connectivity index (χ2v) is 10.4. The molecule has 6 rings (SSSR count). The molecule has 8 nitrogen and oxygen atoms in total. The van der Waals surface area contributed by atoms with Crippen LogP contribution >= 0.6 is 11.6 Å². The molecule has 1 saturated heterocycles. The summed E-state index contributed by atoms with van der Waals surface area (Å²) in [6.45, 7) is 5.31. The SMILES string of the molecule is Cc1ccc(Cn2c(=O)c3ccccc3n3c(CCC(=O)N4CCN(c5ccc(Cl)cc5)CC4)nnc23)cc1. The third-order valence-electron chi connectivity index (χ3n) is 7.42. The van der Waals surface area contributed by atoms with Crippen molar-refractivity contribution in [2.75, 3.05) is 31.1 Å². The summed E-state index contributed by atoms with van der Waals surface area (Å²) >= 11 is 6.02. The quantitative estimate of drug-likeness (QED) is 0.320. The summed E-state index contributed by atoms with van der Waals surface area (Å²) in [7, 11) is 0. The number of piperazine rings is 1. The van der Waals surface area contributed by atoms with E-state index in [2.05, 4.69) is 15.1 Å². The molecule has 5 aromatic rings. The van der Waals surface area contributed by atoms with Crippen molar-refractivity contribution in [2.45, 2.75) is 26.3 Å². The maximum Gasteiger partial charge on any atom is 0.263 e. The van der Waals surface area contributed by atoms with Crippen molar-refractivity contribution >= 4 is 39.9 Å².